The number of aromatic nitrogens is 2. The number of benzene rings is 1. The Hall–Kier alpha value is -1.16. The van der Waals surface area contributed by atoms with Crippen LogP contribution in [0.25, 0.3) is 10.9 Å². The summed E-state index contributed by atoms with van der Waals surface area (Å²) in [6.45, 7) is 0. The molecule has 0 aliphatic heterocycles. The summed E-state index contributed by atoms with van der Waals surface area (Å²) in [5.74, 6) is 0.230. The van der Waals surface area contributed by atoms with E-state index in [4.69, 9.17) is 5.11 Å². The first-order chi connectivity index (χ1) is 5.75. The van der Waals surface area contributed by atoms with Crippen molar-refractivity contribution in [2.24, 2.45) is 0 Å². The van der Waals surface area contributed by atoms with Gasteiger partial charge >= 0.3 is 0 Å². The highest BCUT2D eigenvalue weighted by atomic mass is 79.9. The lowest BCUT2D eigenvalue weighted by Crippen LogP contribution is -1.83. The van der Waals surface area contributed by atoms with Gasteiger partial charge < -0.3 is 5.11 Å². The highest BCUT2D eigenvalue weighted by Crippen LogP contribution is 2.18. The zero-order valence-electron chi connectivity index (χ0n) is 6.03. The van der Waals surface area contributed by atoms with Crippen LogP contribution in [0.2, 0.25) is 0 Å². The summed E-state index contributed by atoms with van der Waals surface area (Å²) >= 11 is 3.17. The van der Waals surface area contributed by atoms with Crippen molar-refractivity contribution < 1.29 is 5.11 Å². The number of aromatic hydroxyl groups is 1. The number of hydrogen-bond acceptors (Lipinski definition) is 3. The predicted octanol–water partition coefficient (Wildman–Crippen LogP) is 2.10. The average molecular weight is 225 g/mol. The van der Waals surface area contributed by atoms with E-state index < -0.39 is 0 Å². The molecule has 1 aromatic carbocycles. The van der Waals surface area contributed by atoms with Crippen molar-refractivity contribution in [1.29, 1.82) is 0 Å². The zero-order valence-corrected chi connectivity index (χ0v) is 7.62. The van der Waals surface area contributed by atoms with E-state index in [2.05, 4.69) is 25.9 Å². The van der Waals surface area contributed by atoms with Crippen molar-refractivity contribution in [2.75, 3.05) is 0 Å². The second-order valence-corrected chi connectivity index (χ2v) is 3.09. The maximum Gasteiger partial charge on any atom is 0.197 e. The highest BCUT2D eigenvalue weighted by molar-refractivity contribution is 9.10. The third kappa shape index (κ3) is 1.25. The number of halogens is 1. The van der Waals surface area contributed by atoms with E-state index in [1.165, 1.54) is 0 Å². The molecule has 0 unspecified atom stereocenters. The maximum atomic E-state index is 9.13. The molecule has 3 nitrogen and oxygen atoms in total. The molecular weight excluding hydrogens is 220 g/mol. The minimum Gasteiger partial charge on any atom is -0.508 e. The van der Waals surface area contributed by atoms with Crippen LogP contribution >= 0.6 is 15.9 Å². The topological polar surface area (TPSA) is 46.0 Å². The molecule has 0 amide bonds. The van der Waals surface area contributed by atoms with Crippen molar-refractivity contribution in [2.45, 2.75) is 0 Å². The molecule has 1 aromatic heterocycles. The minimum absolute atomic E-state index is 0.230. The Bertz CT molecular complexity index is 389. The van der Waals surface area contributed by atoms with E-state index in [1.807, 2.05) is 0 Å². The minimum atomic E-state index is 0.230. The van der Waals surface area contributed by atoms with E-state index in [9.17, 15) is 0 Å². The van der Waals surface area contributed by atoms with Gasteiger partial charge in [-0.3, -0.25) is 0 Å². The summed E-state index contributed by atoms with van der Waals surface area (Å²) < 4.78 is 0.556. The third-order valence-electron chi connectivity index (χ3n) is 1.53. The summed E-state index contributed by atoms with van der Waals surface area (Å²) in [6.07, 6.45) is 1.66. The van der Waals surface area contributed by atoms with E-state index in [-0.39, 0.29) is 5.75 Å². The van der Waals surface area contributed by atoms with Crippen LogP contribution in [0.15, 0.2) is 29.1 Å². The lowest BCUT2D eigenvalue weighted by atomic mass is 10.2. The Balaban J connectivity index is 2.79. The maximum absolute atomic E-state index is 9.13. The predicted molar refractivity (Wildman–Crippen MR) is 48.9 cm³/mol. The molecule has 12 heavy (non-hydrogen) atoms. The van der Waals surface area contributed by atoms with E-state index >= 15 is 0 Å². The fraction of sp³-hybridized carbons (Fsp3) is 0. The first kappa shape index (κ1) is 7.49. The van der Waals surface area contributed by atoms with Crippen LogP contribution in [0.5, 0.6) is 5.75 Å². The Labute approximate surface area is 77.2 Å². The normalized spacial score (nSPS) is 10.4. The fourth-order valence-corrected chi connectivity index (χ4v) is 1.29. The van der Waals surface area contributed by atoms with Gasteiger partial charge in [0.05, 0.1) is 5.52 Å². The van der Waals surface area contributed by atoms with Gasteiger partial charge in [0.15, 0.2) is 4.73 Å². The molecule has 0 radical (unpaired) electrons. The zero-order chi connectivity index (χ0) is 8.55. The number of phenolic OH excluding ortho intramolecular Hbond substituents is 1. The van der Waals surface area contributed by atoms with Crippen LogP contribution in [0.3, 0.4) is 0 Å². The van der Waals surface area contributed by atoms with Crippen LogP contribution in [0.4, 0.5) is 0 Å². The van der Waals surface area contributed by atoms with Crippen molar-refractivity contribution in [3.05, 3.63) is 29.1 Å². The number of phenols is 1. The highest BCUT2D eigenvalue weighted by Gasteiger charge is 1.97. The molecule has 0 atom stereocenters. The monoisotopic (exact) mass is 224 g/mol. The van der Waals surface area contributed by atoms with E-state index in [0.29, 0.717) is 4.73 Å². The Kier molecular flexibility index (Phi) is 1.69. The summed E-state index contributed by atoms with van der Waals surface area (Å²) in [7, 11) is 0. The van der Waals surface area contributed by atoms with Crippen LogP contribution in [-0.4, -0.2) is 15.1 Å². The molecule has 0 saturated carbocycles. The molecule has 2 aromatic rings. The largest absolute Gasteiger partial charge is 0.508 e. The molecule has 2 rings (SSSR count). The fourth-order valence-electron chi connectivity index (χ4n) is 0.998. The molecule has 4 heteroatoms. The molecule has 0 spiro atoms. The molecular formula is C8H5BrN2O. The Morgan fingerprint density at radius 3 is 3.00 bits per heavy atom. The van der Waals surface area contributed by atoms with Gasteiger partial charge in [-0.05, 0) is 34.1 Å². The van der Waals surface area contributed by atoms with Crippen molar-refractivity contribution in [1.82, 2.24) is 9.97 Å². The molecule has 60 valence electrons. The van der Waals surface area contributed by atoms with Gasteiger partial charge in [0.2, 0.25) is 0 Å². The van der Waals surface area contributed by atoms with Crippen LogP contribution in [0.1, 0.15) is 0 Å². The molecule has 0 fully saturated rings. The van der Waals surface area contributed by atoms with Gasteiger partial charge in [0.25, 0.3) is 0 Å². The summed E-state index contributed by atoms with van der Waals surface area (Å²) in [4.78, 5) is 8.05. The van der Waals surface area contributed by atoms with Crippen molar-refractivity contribution in [3.8, 4) is 5.75 Å². The summed E-state index contributed by atoms with van der Waals surface area (Å²) in [5, 5.41) is 9.96. The lowest BCUT2D eigenvalue weighted by molar-refractivity contribution is 0.476. The molecule has 0 bridgehead atoms. The molecule has 0 aliphatic carbocycles. The van der Waals surface area contributed by atoms with E-state index in [1.54, 1.807) is 24.4 Å². The smallest absolute Gasteiger partial charge is 0.197 e. The standard InChI is InChI=1S/C8H5BrN2O/c9-8-10-4-5-3-6(12)1-2-7(5)11-8/h1-4,12H. The quantitative estimate of drug-likeness (QED) is 0.698. The van der Waals surface area contributed by atoms with Crippen molar-refractivity contribution >= 4 is 26.8 Å². The second-order valence-electron chi connectivity index (χ2n) is 2.38. The lowest BCUT2D eigenvalue weighted by Gasteiger charge is -1.96. The molecule has 0 saturated heterocycles. The first-order valence-electron chi connectivity index (χ1n) is 3.37. The third-order valence-corrected chi connectivity index (χ3v) is 1.92. The van der Waals surface area contributed by atoms with Crippen LogP contribution < -0.4 is 0 Å². The van der Waals surface area contributed by atoms with E-state index in [0.717, 1.165) is 10.9 Å². The average Bonchev–Trinajstić information content (AvgIpc) is 2.05. The molecule has 1 heterocycles. The van der Waals surface area contributed by atoms with Gasteiger partial charge in [0, 0.05) is 11.6 Å². The molecule has 0 aliphatic rings. The van der Waals surface area contributed by atoms with Gasteiger partial charge in [-0.2, -0.15) is 0 Å². The number of hydrogen-bond donors (Lipinski definition) is 1. The second kappa shape index (κ2) is 2.71. The summed E-state index contributed by atoms with van der Waals surface area (Å²) in [6, 6.07) is 4.97. The molecule has 1 N–H and O–H groups in total. The number of rotatable bonds is 0. The summed E-state index contributed by atoms with van der Waals surface area (Å²) in [5.41, 5.74) is 0.815. The van der Waals surface area contributed by atoms with Crippen LogP contribution in [0, 0.1) is 0 Å². The SMILES string of the molecule is Oc1ccc2nc(Br)ncc2c1. The van der Waals surface area contributed by atoms with Gasteiger partial charge in [-0.25, -0.2) is 9.97 Å². The van der Waals surface area contributed by atoms with Crippen LogP contribution in [-0.2, 0) is 0 Å². The van der Waals surface area contributed by atoms with Crippen molar-refractivity contribution in [3.63, 3.8) is 0 Å². The first-order valence-corrected chi connectivity index (χ1v) is 4.16. The number of nitrogens with zero attached hydrogens (tertiary/aromatic N) is 2. The Morgan fingerprint density at radius 1 is 1.33 bits per heavy atom. The van der Waals surface area contributed by atoms with Gasteiger partial charge in [0.1, 0.15) is 5.75 Å². The van der Waals surface area contributed by atoms with Gasteiger partial charge in [-0.15, -0.1) is 0 Å². The Morgan fingerprint density at radius 2 is 2.17 bits per heavy atom. The van der Waals surface area contributed by atoms with Gasteiger partial charge in [-0.1, -0.05) is 0 Å². The number of fused-ring (bicyclic) bond motifs is 1.